The van der Waals surface area contributed by atoms with E-state index in [1.165, 1.54) is 44.9 Å². The van der Waals surface area contributed by atoms with Crippen molar-refractivity contribution in [2.45, 2.75) is 71.1 Å². The van der Waals surface area contributed by atoms with Gasteiger partial charge in [-0.25, -0.2) is 4.57 Å². The fraction of sp³-hybridized carbons (Fsp3) is 1.00. The summed E-state index contributed by atoms with van der Waals surface area (Å²) in [6.45, 7) is 2.39. The standard InChI is InChI=1S/C12H27O4P.Cu/c1-2-3-4-5-6-7-8-9-10-11-12-16-17(13,14)15;/h2-12H2,1H3,(H2,13,14,15);. The molecule has 0 bridgehead atoms. The van der Waals surface area contributed by atoms with E-state index in [1.807, 2.05) is 0 Å². The first-order valence-electron chi connectivity index (χ1n) is 6.76. The minimum absolute atomic E-state index is 0. The molecule has 0 saturated heterocycles. The fourth-order valence-corrected chi connectivity index (χ4v) is 2.14. The van der Waals surface area contributed by atoms with Crippen molar-refractivity contribution >= 4 is 7.82 Å². The molecular weight excluding hydrogens is 303 g/mol. The maximum Gasteiger partial charge on any atom is 0.469 e. The van der Waals surface area contributed by atoms with Crippen LogP contribution in [0.4, 0.5) is 0 Å². The molecule has 4 nitrogen and oxygen atoms in total. The van der Waals surface area contributed by atoms with Gasteiger partial charge in [-0.3, -0.25) is 4.52 Å². The molecule has 0 amide bonds. The quantitative estimate of drug-likeness (QED) is 0.322. The Balaban J connectivity index is 0. The zero-order valence-corrected chi connectivity index (χ0v) is 13.1. The molecular formula is C12H27CuO4P. The van der Waals surface area contributed by atoms with Crippen molar-refractivity contribution in [2.75, 3.05) is 6.61 Å². The predicted octanol–water partition coefficient (Wildman–Crippen LogP) is 4.01. The summed E-state index contributed by atoms with van der Waals surface area (Å²) in [7, 11) is -4.24. The van der Waals surface area contributed by atoms with Crippen molar-refractivity contribution < 1.29 is 35.9 Å². The molecule has 0 spiro atoms. The van der Waals surface area contributed by atoms with Crippen molar-refractivity contribution in [1.82, 2.24) is 0 Å². The van der Waals surface area contributed by atoms with Crippen molar-refractivity contribution in [1.29, 1.82) is 0 Å². The van der Waals surface area contributed by atoms with E-state index in [1.54, 1.807) is 0 Å². The normalized spacial score (nSPS) is 11.3. The Hall–Kier alpha value is 0.629. The number of hydrogen-bond donors (Lipinski definition) is 2. The SMILES string of the molecule is CCCCCCCCCCCCOP(=O)(O)O.[Cu]. The minimum Gasteiger partial charge on any atom is -0.303 e. The van der Waals surface area contributed by atoms with E-state index in [0.29, 0.717) is 0 Å². The molecule has 115 valence electrons. The molecule has 0 fully saturated rings. The van der Waals surface area contributed by atoms with Crippen LogP contribution in [0.15, 0.2) is 0 Å². The number of phosphoric ester groups is 1. The monoisotopic (exact) mass is 329 g/mol. The van der Waals surface area contributed by atoms with Gasteiger partial charge in [-0.15, -0.1) is 0 Å². The first kappa shape index (κ1) is 20.9. The summed E-state index contributed by atoms with van der Waals surface area (Å²) in [5.41, 5.74) is 0. The van der Waals surface area contributed by atoms with E-state index in [9.17, 15) is 4.57 Å². The Kier molecular flexibility index (Phi) is 16.3. The third-order valence-corrected chi connectivity index (χ3v) is 3.28. The first-order chi connectivity index (χ1) is 8.06. The number of phosphoric acid groups is 1. The van der Waals surface area contributed by atoms with E-state index in [4.69, 9.17) is 9.79 Å². The number of rotatable bonds is 12. The molecule has 2 N–H and O–H groups in total. The van der Waals surface area contributed by atoms with Gasteiger partial charge >= 0.3 is 7.82 Å². The Morgan fingerprint density at radius 1 is 0.833 bits per heavy atom. The summed E-state index contributed by atoms with van der Waals surface area (Å²) in [6.07, 6.45) is 12.0. The molecule has 0 aromatic heterocycles. The molecule has 18 heavy (non-hydrogen) atoms. The minimum atomic E-state index is -4.24. The van der Waals surface area contributed by atoms with Gasteiger partial charge < -0.3 is 9.79 Å². The zero-order valence-electron chi connectivity index (χ0n) is 11.2. The topological polar surface area (TPSA) is 66.8 Å². The van der Waals surface area contributed by atoms with Crippen LogP contribution in [0, 0.1) is 0 Å². The molecule has 0 heterocycles. The summed E-state index contributed by atoms with van der Waals surface area (Å²) in [4.78, 5) is 16.9. The predicted molar refractivity (Wildman–Crippen MR) is 69.8 cm³/mol. The second-order valence-electron chi connectivity index (χ2n) is 4.51. The zero-order chi connectivity index (χ0) is 13.0. The van der Waals surface area contributed by atoms with Gasteiger partial charge in [0.2, 0.25) is 0 Å². The van der Waals surface area contributed by atoms with Crippen molar-refractivity contribution in [2.24, 2.45) is 0 Å². The van der Waals surface area contributed by atoms with Gasteiger partial charge in [-0.2, -0.15) is 0 Å². The van der Waals surface area contributed by atoms with Crippen LogP contribution in [-0.4, -0.2) is 16.4 Å². The molecule has 0 aromatic rings. The van der Waals surface area contributed by atoms with E-state index in [-0.39, 0.29) is 23.7 Å². The maximum atomic E-state index is 10.4. The van der Waals surface area contributed by atoms with Crippen molar-refractivity contribution in [3.8, 4) is 0 Å². The Labute approximate surface area is 122 Å². The van der Waals surface area contributed by atoms with E-state index >= 15 is 0 Å². The van der Waals surface area contributed by atoms with Crippen molar-refractivity contribution in [3.05, 3.63) is 0 Å². The van der Waals surface area contributed by atoms with Gasteiger partial charge in [-0.1, -0.05) is 64.7 Å². The number of unbranched alkanes of at least 4 members (excludes halogenated alkanes) is 9. The summed E-state index contributed by atoms with van der Waals surface area (Å²) < 4.78 is 14.7. The van der Waals surface area contributed by atoms with Crippen molar-refractivity contribution in [3.63, 3.8) is 0 Å². The maximum absolute atomic E-state index is 10.4. The van der Waals surface area contributed by atoms with Gasteiger partial charge in [0.1, 0.15) is 0 Å². The van der Waals surface area contributed by atoms with Crippen LogP contribution in [0.2, 0.25) is 0 Å². The van der Waals surface area contributed by atoms with Crippen LogP contribution < -0.4 is 0 Å². The summed E-state index contributed by atoms with van der Waals surface area (Å²) in [5, 5.41) is 0. The largest absolute Gasteiger partial charge is 0.469 e. The molecule has 0 aliphatic carbocycles. The second-order valence-corrected chi connectivity index (χ2v) is 5.75. The van der Waals surface area contributed by atoms with Gasteiger partial charge in [0.05, 0.1) is 6.61 Å². The van der Waals surface area contributed by atoms with Crippen LogP contribution in [0.3, 0.4) is 0 Å². The van der Waals surface area contributed by atoms with Crippen LogP contribution in [0.5, 0.6) is 0 Å². The number of hydrogen-bond acceptors (Lipinski definition) is 2. The van der Waals surface area contributed by atoms with Crippen LogP contribution in [0.25, 0.3) is 0 Å². The second kappa shape index (κ2) is 14.0. The first-order valence-corrected chi connectivity index (χ1v) is 8.29. The molecule has 6 heteroatoms. The third kappa shape index (κ3) is 19.0. The summed E-state index contributed by atoms with van der Waals surface area (Å²) in [6, 6.07) is 0. The summed E-state index contributed by atoms with van der Waals surface area (Å²) in [5.74, 6) is 0. The van der Waals surface area contributed by atoms with Crippen LogP contribution >= 0.6 is 7.82 Å². The third-order valence-electron chi connectivity index (χ3n) is 2.76. The molecule has 0 atom stereocenters. The Morgan fingerprint density at radius 2 is 1.22 bits per heavy atom. The molecule has 0 rings (SSSR count). The average Bonchev–Trinajstić information content (AvgIpc) is 2.24. The molecule has 0 saturated carbocycles. The van der Waals surface area contributed by atoms with Crippen LogP contribution in [0.1, 0.15) is 71.1 Å². The average molecular weight is 330 g/mol. The van der Waals surface area contributed by atoms with Crippen LogP contribution in [-0.2, 0) is 26.2 Å². The van der Waals surface area contributed by atoms with E-state index < -0.39 is 7.82 Å². The van der Waals surface area contributed by atoms with Gasteiger partial charge in [0, 0.05) is 17.1 Å². The van der Waals surface area contributed by atoms with Gasteiger partial charge in [0.15, 0.2) is 0 Å². The van der Waals surface area contributed by atoms with Gasteiger partial charge in [0.25, 0.3) is 0 Å². The van der Waals surface area contributed by atoms with E-state index in [0.717, 1.165) is 19.3 Å². The molecule has 0 aromatic carbocycles. The molecule has 0 aliphatic rings. The smallest absolute Gasteiger partial charge is 0.303 e. The molecule has 1 radical (unpaired) electrons. The molecule has 0 unspecified atom stereocenters. The Bertz CT molecular complexity index is 208. The molecule has 0 aliphatic heterocycles. The van der Waals surface area contributed by atoms with Gasteiger partial charge in [-0.05, 0) is 6.42 Å². The van der Waals surface area contributed by atoms with E-state index in [2.05, 4.69) is 11.4 Å². The summed E-state index contributed by atoms with van der Waals surface area (Å²) >= 11 is 0. The fourth-order valence-electron chi connectivity index (χ4n) is 1.77. The Morgan fingerprint density at radius 3 is 1.61 bits per heavy atom.